The average molecular weight is 445 g/mol. The Morgan fingerprint density at radius 1 is 1.14 bits per heavy atom. The highest BCUT2D eigenvalue weighted by atomic mass is 79.9. The van der Waals surface area contributed by atoms with Crippen LogP contribution in [-0.2, 0) is 16.9 Å². The third-order valence-electron chi connectivity index (χ3n) is 4.80. The number of nitrogens with one attached hydrogen (secondary N) is 1. The zero-order chi connectivity index (χ0) is 19.3. The van der Waals surface area contributed by atoms with Crippen molar-refractivity contribution >= 4 is 27.9 Å². The summed E-state index contributed by atoms with van der Waals surface area (Å²) in [5.41, 5.74) is -0.491. The van der Waals surface area contributed by atoms with Gasteiger partial charge in [0.1, 0.15) is 12.3 Å². The van der Waals surface area contributed by atoms with Crippen molar-refractivity contribution in [2.24, 2.45) is 0 Å². The van der Waals surface area contributed by atoms with Crippen LogP contribution in [0.5, 0.6) is 5.75 Å². The van der Waals surface area contributed by atoms with Gasteiger partial charge in [0.25, 0.3) is 11.8 Å². The van der Waals surface area contributed by atoms with E-state index in [1.807, 2.05) is 12.1 Å². The monoisotopic (exact) mass is 444 g/mol. The van der Waals surface area contributed by atoms with E-state index in [0.29, 0.717) is 34.8 Å². The molecule has 142 valence electrons. The summed E-state index contributed by atoms with van der Waals surface area (Å²) in [6.07, 6.45) is 0.348. The molecule has 0 aliphatic carbocycles. The zero-order valence-corrected chi connectivity index (χ0v) is 15.9. The fourth-order valence-corrected chi connectivity index (χ4v) is 3.80. The zero-order valence-electron chi connectivity index (χ0n) is 14.3. The summed E-state index contributed by atoms with van der Waals surface area (Å²) in [7, 11) is 0. The molecule has 3 aromatic rings. The molecular weight excluding hydrogens is 432 g/mol. The predicted molar refractivity (Wildman–Crippen MR) is 97.0 cm³/mol. The fourth-order valence-electron chi connectivity index (χ4n) is 3.50. The van der Waals surface area contributed by atoms with Crippen molar-refractivity contribution in [2.45, 2.75) is 18.5 Å². The number of aromatic nitrogens is 2. The number of carbonyl (C=O) groups is 2. The smallest absolute Gasteiger partial charge is 0.325 e. The maximum absolute atomic E-state index is 13.2. The molecule has 1 saturated heterocycles. The molecule has 0 unspecified atom stereocenters. The highest BCUT2D eigenvalue weighted by molar-refractivity contribution is 9.10. The van der Waals surface area contributed by atoms with E-state index in [-0.39, 0.29) is 24.2 Å². The molecule has 1 aromatic carbocycles. The van der Waals surface area contributed by atoms with Gasteiger partial charge in [-0.15, -0.1) is 10.2 Å². The number of ether oxygens (including phenoxy) is 1. The van der Waals surface area contributed by atoms with Crippen LogP contribution < -0.4 is 10.1 Å². The first-order valence-corrected chi connectivity index (χ1v) is 9.31. The van der Waals surface area contributed by atoms with Crippen LogP contribution in [0.1, 0.15) is 17.9 Å². The number of halogens is 1. The van der Waals surface area contributed by atoms with Gasteiger partial charge in [0, 0.05) is 12.0 Å². The Balaban J connectivity index is 1.43. The molecule has 0 radical (unpaired) electrons. The first-order chi connectivity index (χ1) is 13.6. The SMILES string of the molecule is O=C1N[C@]2(CCOc3ccccc32)C(=O)N1Cc1nnc(-c2ccc(Br)o2)o1. The Hall–Kier alpha value is -3.14. The van der Waals surface area contributed by atoms with Gasteiger partial charge < -0.3 is 18.9 Å². The van der Waals surface area contributed by atoms with Crippen molar-refractivity contribution in [1.29, 1.82) is 0 Å². The van der Waals surface area contributed by atoms with Crippen LogP contribution in [0.4, 0.5) is 4.79 Å². The average Bonchev–Trinajstić information content (AvgIpc) is 3.39. The number of benzene rings is 1. The van der Waals surface area contributed by atoms with Crippen LogP contribution in [-0.4, -0.2) is 33.6 Å². The van der Waals surface area contributed by atoms with E-state index in [1.54, 1.807) is 24.3 Å². The van der Waals surface area contributed by atoms with Crippen LogP contribution >= 0.6 is 15.9 Å². The minimum atomic E-state index is -1.14. The third kappa shape index (κ3) is 2.52. The van der Waals surface area contributed by atoms with E-state index in [4.69, 9.17) is 13.6 Å². The van der Waals surface area contributed by atoms with Crippen molar-refractivity contribution in [1.82, 2.24) is 20.4 Å². The molecule has 5 rings (SSSR count). The first kappa shape index (κ1) is 17.0. The number of hydrogen-bond donors (Lipinski definition) is 1. The number of carbonyl (C=O) groups excluding carboxylic acids is 2. The number of para-hydroxylation sites is 1. The molecule has 1 fully saturated rings. The van der Waals surface area contributed by atoms with Crippen LogP contribution in [0, 0.1) is 0 Å². The molecule has 0 bridgehead atoms. The molecule has 2 aliphatic heterocycles. The molecular formula is C18H13BrN4O5. The van der Waals surface area contributed by atoms with E-state index < -0.39 is 11.6 Å². The quantitative estimate of drug-likeness (QED) is 0.618. The molecule has 10 heteroatoms. The largest absolute Gasteiger partial charge is 0.493 e. The Morgan fingerprint density at radius 2 is 2.00 bits per heavy atom. The first-order valence-electron chi connectivity index (χ1n) is 8.51. The molecule has 0 saturated carbocycles. The lowest BCUT2D eigenvalue weighted by molar-refractivity contribution is -0.133. The molecule has 3 amide bonds. The summed E-state index contributed by atoms with van der Waals surface area (Å²) in [5, 5.41) is 10.7. The summed E-state index contributed by atoms with van der Waals surface area (Å²) in [4.78, 5) is 26.9. The summed E-state index contributed by atoms with van der Waals surface area (Å²) in [6, 6.07) is 10.1. The molecule has 1 atom stereocenters. The van der Waals surface area contributed by atoms with Crippen molar-refractivity contribution in [3.05, 3.63) is 52.5 Å². The Kier molecular flexibility index (Phi) is 3.76. The van der Waals surface area contributed by atoms with Crippen molar-refractivity contribution in [3.8, 4) is 17.4 Å². The van der Waals surface area contributed by atoms with Gasteiger partial charge >= 0.3 is 6.03 Å². The number of hydrogen-bond acceptors (Lipinski definition) is 7. The van der Waals surface area contributed by atoms with E-state index in [9.17, 15) is 9.59 Å². The van der Waals surface area contributed by atoms with Gasteiger partial charge in [-0.1, -0.05) is 18.2 Å². The number of amides is 3. The van der Waals surface area contributed by atoms with Crippen LogP contribution in [0.3, 0.4) is 0 Å². The topological polar surface area (TPSA) is 111 Å². The lowest BCUT2D eigenvalue weighted by Gasteiger charge is -2.33. The summed E-state index contributed by atoms with van der Waals surface area (Å²) >= 11 is 3.20. The lowest BCUT2D eigenvalue weighted by atomic mass is 9.84. The highest BCUT2D eigenvalue weighted by Gasteiger charge is 2.55. The number of fused-ring (bicyclic) bond motifs is 2. The van der Waals surface area contributed by atoms with E-state index >= 15 is 0 Å². The van der Waals surface area contributed by atoms with Gasteiger partial charge in [-0.05, 0) is 34.1 Å². The second-order valence-corrected chi connectivity index (χ2v) is 7.21. The van der Waals surface area contributed by atoms with E-state index in [2.05, 4.69) is 31.4 Å². The number of urea groups is 1. The molecule has 4 heterocycles. The summed E-state index contributed by atoms with van der Waals surface area (Å²) in [5.74, 6) is 0.904. The highest BCUT2D eigenvalue weighted by Crippen LogP contribution is 2.41. The summed E-state index contributed by atoms with van der Waals surface area (Å²) in [6.45, 7) is 0.194. The number of furan rings is 1. The van der Waals surface area contributed by atoms with Gasteiger partial charge in [-0.25, -0.2) is 4.79 Å². The molecule has 1 N–H and O–H groups in total. The Morgan fingerprint density at radius 3 is 2.82 bits per heavy atom. The third-order valence-corrected chi connectivity index (χ3v) is 5.23. The molecule has 1 spiro atoms. The van der Waals surface area contributed by atoms with E-state index in [0.717, 1.165) is 4.90 Å². The van der Waals surface area contributed by atoms with Gasteiger partial charge in [0.2, 0.25) is 5.89 Å². The second kappa shape index (κ2) is 6.20. The predicted octanol–water partition coefficient (Wildman–Crippen LogP) is 2.82. The molecule has 9 nitrogen and oxygen atoms in total. The van der Waals surface area contributed by atoms with Gasteiger partial charge in [0.15, 0.2) is 16.0 Å². The minimum Gasteiger partial charge on any atom is -0.493 e. The van der Waals surface area contributed by atoms with Crippen LogP contribution in [0.2, 0.25) is 0 Å². The maximum Gasteiger partial charge on any atom is 0.325 e. The second-order valence-electron chi connectivity index (χ2n) is 6.43. The number of nitrogens with zero attached hydrogens (tertiary/aromatic N) is 3. The van der Waals surface area contributed by atoms with Gasteiger partial charge in [-0.3, -0.25) is 9.69 Å². The molecule has 2 aliphatic rings. The van der Waals surface area contributed by atoms with Gasteiger partial charge in [0.05, 0.1) is 6.61 Å². The molecule has 28 heavy (non-hydrogen) atoms. The van der Waals surface area contributed by atoms with Crippen molar-refractivity contribution < 1.29 is 23.2 Å². The standard InChI is InChI=1S/C18H13BrN4O5/c19-13-6-5-12(27-13)15-22-21-14(28-15)9-23-16(24)18(20-17(23)25)7-8-26-11-4-2-1-3-10(11)18/h1-6H,7-9H2,(H,20,25)/t18-/m0/s1. The minimum absolute atomic E-state index is 0.128. The van der Waals surface area contributed by atoms with Crippen molar-refractivity contribution in [3.63, 3.8) is 0 Å². The normalized spacial score (nSPS) is 21.0. The van der Waals surface area contributed by atoms with Crippen LogP contribution in [0.15, 0.2) is 49.9 Å². The Labute approximate surface area is 166 Å². The number of rotatable bonds is 3. The van der Waals surface area contributed by atoms with Crippen LogP contribution in [0.25, 0.3) is 11.7 Å². The summed E-state index contributed by atoms with van der Waals surface area (Å²) < 4.78 is 17.1. The Bertz CT molecular complexity index is 1090. The molecule has 2 aromatic heterocycles. The van der Waals surface area contributed by atoms with Crippen molar-refractivity contribution in [2.75, 3.05) is 6.61 Å². The van der Waals surface area contributed by atoms with E-state index in [1.165, 1.54) is 0 Å². The lowest BCUT2D eigenvalue weighted by Crippen LogP contribution is -2.47. The van der Waals surface area contributed by atoms with Gasteiger partial charge in [-0.2, -0.15) is 0 Å². The fraction of sp³-hybridized carbons (Fsp3) is 0.222. The number of imide groups is 1. The maximum atomic E-state index is 13.2.